The molecule has 2 aromatic heterocycles. The Morgan fingerprint density at radius 2 is 1.67 bits per heavy atom. The van der Waals surface area contributed by atoms with E-state index >= 15 is 0 Å². The minimum atomic E-state index is -4.22. The number of hydrogen-bond acceptors (Lipinski definition) is 7. The van der Waals surface area contributed by atoms with Crippen molar-refractivity contribution in [2.24, 2.45) is 0 Å². The molecule has 0 bridgehead atoms. The van der Waals surface area contributed by atoms with Crippen LogP contribution in [0.25, 0.3) is 22.2 Å². The van der Waals surface area contributed by atoms with Crippen LogP contribution in [-0.4, -0.2) is 33.8 Å². The topological polar surface area (TPSA) is 137 Å². The first-order valence-corrected chi connectivity index (χ1v) is 15.4. The minimum absolute atomic E-state index is 0.0374. The number of carbonyl (C=O) groups is 1. The number of sulfone groups is 1. The van der Waals surface area contributed by atoms with E-state index in [2.05, 4.69) is 5.32 Å². The van der Waals surface area contributed by atoms with E-state index in [4.69, 9.17) is 21.6 Å². The zero-order valence-corrected chi connectivity index (χ0v) is 24.2. The number of nitro benzene ring substituents is 1. The van der Waals surface area contributed by atoms with E-state index in [0.29, 0.717) is 16.7 Å². The summed E-state index contributed by atoms with van der Waals surface area (Å²) >= 11 is 5.98. The SMILES string of the molecule is Cc1ccc(S(=O)(=O)c2c(NC(=O)c3ccc(Cl)c([N+](=O)[O-])c3)n(C3CCCCC3)c3nc4ccccc4nc23)cc1. The third kappa shape index (κ3) is 4.88. The fourth-order valence-corrected chi connectivity index (χ4v) is 7.23. The van der Waals surface area contributed by atoms with Crippen LogP contribution < -0.4 is 5.32 Å². The number of para-hydroxylation sites is 2. The molecule has 1 N–H and O–H groups in total. The fraction of sp³-hybridized carbons (Fsp3) is 0.233. The molecular formula is C30H26ClN5O5S. The Labute approximate surface area is 246 Å². The molecule has 6 rings (SSSR count). The number of aryl methyl sites for hydroxylation is 1. The van der Waals surface area contributed by atoms with Gasteiger partial charge in [-0.05, 0) is 56.2 Å². The summed E-state index contributed by atoms with van der Waals surface area (Å²) in [6, 6.07) is 17.2. The number of nitrogens with zero attached hydrogens (tertiary/aromatic N) is 4. The van der Waals surface area contributed by atoms with Crippen LogP contribution in [0.15, 0.2) is 76.5 Å². The van der Waals surface area contributed by atoms with Crippen molar-refractivity contribution < 1.29 is 18.1 Å². The zero-order valence-electron chi connectivity index (χ0n) is 22.6. The molecule has 0 aliphatic heterocycles. The highest BCUT2D eigenvalue weighted by Crippen LogP contribution is 2.42. The van der Waals surface area contributed by atoms with Crippen LogP contribution in [-0.2, 0) is 9.84 Å². The van der Waals surface area contributed by atoms with Crippen LogP contribution in [0.3, 0.4) is 0 Å². The van der Waals surface area contributed by atoms with Gasteiger partial charge in [-0.1, -0.05) is 60.7 Å². The molecule has 0 spiro atoms. The number of benzene rings is 3. The molecule has 2 heterocycles. The second kappa shape index (κ2) is 10.8. The van der Waals surface area contributed by atoms with E-state index < -0.39 is 26.4 Å². The van der Waals surface area contributed by atoms with Crippen molar-refractivity contribution in [1.29, 1.82) is 0 Å². The Bertz CT molecular complexity index is 1980. The van der Waals surface area contributed by atoms with E-state index in [1.807, 2.05) is 13.0 Å². The third-order valence-corrected chi connectivity index (χ3v) is 9.76. The molecule has 1 aliphatic carbocycles. The first kappa shape index (κ1) is 27.8. The molecule has 10 nitrogen and oxygen atoms in total. The Hall–Kier alpha value is -4.35. The van der Waals surface area contributed by atoms with Crippen molar-refractivity contribution in [2.75, 3.05) is 5.32 Å². The van der Waals surface area contributed by atoms with Crippen LogP contribution >= 0.6 is 11.6 Å². The Balaban J connectivity index is 1.64. The summed E-state index contributed by atoms with van der Waals surface area (Å²) in [6.45, 7) is 1.86. The molecule has 0 unspecified atom stereocenters. The molecule has 0 radical (unpaired) electrons. The smallest absolute Gasteiger partial charge is 0.288 e. The third-order valence-electron chi connectivity index (χ3n) is 7.63. The average Bonchev–Trinajstić information content (AvgIpc) is 3.29. The largest absolute Gasteiger partial charge is 0.307 e. The van der Waals surface area contributed by atoms with Crippen LogP contribution in [0.1, 0.15) is 54.1 Å². The van der Waals surface area contributed by atoms with Gasteiger partial charge >= 0.3 is 0 Å². The monoisotopic (exact) mass is 603 g/mol. The van der Waals surface area contributed by atoms with E-state index in [0.717, 1.165) is 43.7 Å². The zero-order chi connectivity index (χ0) is 29.6. The van der Waals surface area contributed by atoms with Crippen LogP contribution in [0.4, 0.5) is 11.5 Å². The molecule has 5 aromatic rings. The normalized spacial score (nSPS) is 14.3. The van der Waals surface area contributed by atoms with Gasteiger partial charge in [0.2, 0.25) is 9.84 Å². The van der Waals surface area contributed by atoms with Crippen molar-refractivity contribution in [2.45, 2.75) is 54.9 Å². The van der Waals surface area contributed by atoms with Crippen LogP contribution in [0.2, 0.25) is 5.02 Å². The first-order chi connectivity index (χ1) is 20.1. The summed E-state index contributed by atoms with van der Waals surface area (Å²) in [4.78, 5) is 34.0. The second-order valence-corrected chi connectivity index (χ2v) is 12.7. The van der Waals surface area contributed by atoms with Crippen molar-refractivity contribution in [3.63, 3.8) is 0 Å². The highest BCUT2D eigenvalue weighted by molar-refractivity contribution is 7.92. The lowest BCUT2D eigenvalue weighted by molar-refractivity contribution is -0.384. The van der Waals surface area contributed by atoms with Crippen molar-refractivity contribution in [3.05, 3.63) is 93.0 Å². The van der Waals surface area contributed by atoms with E-state index in [1.165, 1.54) is 24.3 Å². The molecule has 1 amide bonds. The predicted octanol–water partition coefficient (Wildman–Crippen LogP) is 7.04. The summed E-state index contributed by atoms with van der Waals surface area (Å²) in [5.41, 5.74) is 2.01. The first-order valence-electron chi connectivity index (χ1n) is 13.5. The van der Waals surface area contributed by atoms with Crippen molar-refractivity contribution >= 4 is 61.0 Å². The van der Waals surface area contributed by atoms with Gasteiger partial charge in [-0.25, -0.2) is 18.4 Å². The quantitative estimate of drug-likeness (QED) is 0.162. The highest BCUT2D eigenvalue weighted by atomic mass is 35.5. The second-order valence-electron chi connectivity index (χ2n) is 10.4. The number of nitrogens with one attached hydrogen (secondary N) is 1. The van der Waals surface area contributed by atoms with Gasteiger partial charge in [-0.2, -0.15) is 0 Å². The van der Waals surface area contributed by atoms with Crippen molar-refractivity contribution in [1.82, 2.24) is 14.5 Å². The molecule has 1 fully saturated rings. The molecule has 0 saturated heterocycles. The van der Waals surface area contributed by atoms with Gasteiger partial charge in [-0.15, -0.1) is 0 Å². The van der Waals surface area contributed by atoms with Gasteiger partial charge in [0.05, 0.1) is 20.9 Å². The number of hydrogen-bond donors (Lipinski definition) is 1. The Morgan fingerprint density at radius 3 is 2.33 bits per heavy atom. The molecule has 12 heteroatoms. The molecule has 3 aromatic carbocycles. The van der Waals surface area contributed by atoms with E-state index in [1.54, 1.807) is 34.9 Å². The lowest BCUT2D eigenvalue weighted by Crippen LogP contribution is -2.21. The molecule has 0 atom stereocenters. The van der Waals surface area contributed by atoms with Gasteiger partial charge in [-0.3, -0.25) is 14.9 Å². The summed E-state index contributed by atoms with van der Waals surface area (Å²) in [5, 5.41) is 14.2. The summed E-state index contributed by atoms with van der Waals surface area (Å²) in [5.74, 6) is -0.685. The highest BCUT2D eigenvalue weighted by Gasteiger charge is 2.35. The Kier molecular flexibility index (Phi) is 7.15. The fourth-order valence-electron chi connectivity index (χ4n) is 5.51. The predicted molar refractivity (Wildman–Crippen MR) is 160 cm³/mol. The molecular weight excluding hydrogens is 578 g/mol. The van der Waals surface area contributed by atoms with Crippen molar-refractivity contribution in [3.8, 4) is 0 Å². The van der Waals surface area contributed by atoms with Gasteiger partial charge in [0, 0.05) is 17.7 Å². The van der Waals surface area contributed by atoms with Gasteiger partial charge in [0.1, 0.15) is 21.3 Å². The number of rotatable bonds is 6. The number of aromatic nitrogens is 3. The summed E-state index contributed by atoms with van der Waals surface area (Å²) < 4.78 is 30.5. The maximum Gasteiger partial charge on any atom is 0.288 e. The standard InChI is InChI=1S/C30H26ClN5O5S/c1-18-11-14-21(15-12-18)42(40,41)27-26-28(33-24-10-6-5-9-23(24)32-26)35(20-7-3-2-4-8-20)29(27)34-30(37)19-13-16-22(31)25(17-19)36(38)39/h5-6,9-17,20H,2-4,7-8H2,1H3,(H,34,37). The number of nitro groups is 1. The molecule has 1 aliphatic rings. The van der Waals surface area contributed by atoms with E-state index in [9.17, 15) is 23.3 Å². The summed E-state index contributed by atoms with van der Waals surface area (Å²) in [6.07, 6.45) is 4.44. The number of anilines is 1. The summed E-state index contributed by atoms with van der Waals surface area (Å²) in [7, 11) is -4.22. The molecule has 42 heavy (non-hydrogen) atoms. The number of fused-ring (bicyclic) bond motifs is 2. The van der Waals surface area contributed by atoms with Gasteiger partial charge < -0.3 is 9.88 Å². The Morgan fingerprint density at radius 1 is 1.00 bits per heavy atom. The van der Waals surface area contributed by atoms with Gasteiger partial charge in [0.25, 0.3) is 11.6 Å². The number of carbonyl (C=O) groups excluding carboxylic acids is 1. The van der Waals surface area contributed by atoms with Gasteiger partial charge in [0.15, 0.2) is 5.65 Å². The number of amides is 1. The lowest BCUT2D eigenvalue weighted by atomic mass is 9.95. The molecule has 214 valence electrons. The van der Waals surface area contributed by atoms with Crippen LogP contribution in [0.5, 0.6) is 0 Å². The average molecular weight is 604 g/mol. The lowest BCUT2D eigenvalue weighted by Gasteiger charge is -2.26. The maximum atomic E-state index is 14.4. The van der Waals surface area contributed by atoms with Crippen LogP contribution in [0, 0.1) is 17.0 Å². The number of halogens is 1. The minimum Gasteiger partial charge on any atom is -0.307 e. The van der Waals surface area contributed by atoms with E-state index in [-0.39, 0.29) is 37.8 Å². The molecule has 1 saturated carbocycles. The maximum absolute atomic E-state index is 14.4.